The Morgan fingerprint density at radius 3 is 2.65 bits per heavy atom. The molecule has 0 radical (unpaired) electrons. The fourth-order valence-electron chi connectivity index (χ4n) is 3.94. The molecule has 4 atom stereocenters. The van der Waals surface area contributed by atoms with Crippen molar-refractivity contribution in [2.75, 3.05) is 0 Å². The lowest BCUT2D eigenvalue weighted by molar-refractivity contribution is -0.154. The number of aliphatic hydroxyl groups is 2. The molecular weight excluding hydrogens is 454 g/mol. The molecule has 0 aromatic carbocycles. The summed E-state index contributed by atoms with van der Waals surface area (Å²) in [5.41, 5.74) is 0.352. The Hall–Kier alpha value is -2.55. The number of rotatable bonds is 2. The van der Waals surface area contributed by atoms with Gasteiger partial charge in [-0.15, -0.1) is 11.3 Å². The summed E-state index contributed by atoms with van der Waals surface area (Å²) in [5.74, 6) is -0.839. The molecule has 1 aliphatic heterocycles. The van der Waals surface area contributed by atoms with E-state index < -0.39 is 35.6 Å². The predicted octanol–water partition coefficient (Wildman–Crippen LogP) is 4.58. The van der Waals surface area contributed by atoms with E-state index in [1.165, 1.54) is 0 Å². The first-order valence-electron chi connectivity index (χ1n) is 11.4. The van der Waals surface area contributed by atoms with Crippen LogP contribution >= 0.6 is 11.3 Å². The van der Waals surface area contributed by atoms with Crippen molar-refractivity contribution in [3.05, 3.63) is 57.5 Å². The maximum atomic E-state index is 13.1. The van der Waals surface area contributed by atoms with Gasteiger partial charge in [-0.25, -0.2) is 4.98 Å². The lowest BCUT2D eigenvalue weighted by Crippen LogP contribution is -2.43. The highest BCUT2D eigenvalue weighted by molar-refractivity contribution is 7.09. The van der Waals surface area contributed by atoms with Gasteiger partial charge in [0.15, 0.2) is 0 Å². The number of aliphatic hydroxyl groups excluding tert-OH is 2. The van der Waals surface area contributed by atoms with Crippen LogP contribution in [-0.4, -0.2) is 39.2 Å². The van der Waals surface area contributed by atoms with Crippen LogP contribution in [-0.2, 0) is 20.7 Å². The minimum Gasteiger partial charge on any atom is -0.463 e. The zero-order valence-electron chi connectivity index (χ0n) is 20.3. The van der Waals surface area contributed by atoms with E-state index in [4.69, 9.17) is 9.15 Å². The first kappa shape index (κ1) is 26.1. The molecule has 0 saturated carbocycles. The standard InChI is InChI=1S/C26H33NO6S/c1-15(12-18-14-34-17(3)27-18)20-9-7-6-8-19-10-11-21(32-19)24(30)16(2)25(31)26(4,5)22(28)13-23(29)33-20/h6-7,10-12,14,16,20,22,24,28,30H,8-9,13H2,1-5H3/b7-6-,15-12+/t16-,20+,22+,24-/m1/s1. The first-order chi connectivity index (χ1) is 16.0. The van der Waals surface area contributed by atoms with Crippen LogP contribution in [0.1, 0.15) is 68.9 Å². The van der Waals surface area contributed by atoms with Gasteiger partial charge in [-0.3, -0.25) is 9.59 Å². The minimum absolute atomic E-state index is 0.302. The number of hydrogen-bond donors (Lipinski definition) is 2. The number of cyclic esters (lactones) is 1. The van der Waals surface area contributed by atoms with E-state index in [0.29, 0.717) is 24.4 Å². The Balaban J connectivity index is 1.91. The smallest absolute Gasteiger partial charge is 0.309 e. The molecule has 8 heteroatoms. The third-order valence-electron chi connectivity index (χ3n) is 6.32. The molecule has 2 aromatic rings. The summed E-state index contributed by atoms with van der Waals surface area (Å²) in [7, 11) is 0. The zero-order chi connectivity index (χ0) is 25.0. The van der Waals surface area contributed by atoms with Gasteiger partial charge in [0.25, 0.3) is 0 Å². The van der Waals surface area contributed by atoms with Crippen LogP contribution in [0.25, 0.3) is 6.08 Å². The van der Waals surface area contributed by atoms with E-state index in [2.05, 4.69) is 4.98 Å². The molecular formula is C26H33NO6S. The molecule has 7 nitrogen and oxygen atoms in total. The summed E-state index contributed by atoms with van der Waals surface area (Å²) in [5, 5.41) is 24.4. The van der Waals surface area contributed by atoms with Gasteiger partial charge >= 0.3 is 5.97 Å². The van der Waals surface area contributed by atoms with Gasteiger partial charge in [0, 0.05) is 24.1 Å². The second-order valence-electron chi connectivity index (χ2n) is 9.41. The SMILES string of the molecule is C/C(=C\c1csc(C)n1)[C@@H]1C/C=C\Cc2ccc(o2)[C@H](O)[C@@H](C)C(=O)C(C)(C)[C@@H](O)CC(=O)O1. The molecule has 3 heterocycles. The molecule has 3 rings (SSSR count). The van der Waals surface area contributed by atoms with Crippen molar-refractivity contribution in [2.24, 2.45) is 11.3 Å². The number of thiazole rings is 1. The number of nitrogens with zero attached hydrogens (tertiary/aromatic N) is 1. The van der Waals surface area contributed by atoms with E-state index in [9.17, 15) is 19.8 Å². The van der Waals surface area contributed by atoms with Crippen molar-refractivity contribution in [3.8, 4) is 0 Å². The number of esters is 1. The van der Waals surface area contributed by atoms with E-state index in [-0.39, 0.29) is 12.2 Å². The van der Waals surface area contributed by atoms with Gasteiger partial charge in [-0.2, -0.15) is 0 Å². The molecule has 2 bridgehead atoms. The molecule has 2 N–H and O–H groups in total. The van der Waals surface area contributed by atoms with Crippen molar-refractivity contribution in [1.29, 1.82) is 0 Å². The van der Waals surface area contributed by atoms with Gasteiger partial charge in [0.1, 0.15) is 29.5 Å². The zero-order valence-corrected chi connectivity index (χ0v) is 21.1. The highest BCUT2D eigenvalue weighted by Gasteiger charge is 2.42. The number of allylic oxidation sites excluding steroid dienone is 1. The van der Waals surface area contributed by atoms with E-state index in [0.717, 1.165) is 16.3 Å². The van der Waals surface area contributed by atoms with E-state index in [1.54, 1.807) is 44.2 Å². The second kappa shape index (κ2) is 10.8. The fraction of sp³-hybridized carbons (Fsp3) is 0.500. The number of aromatic nitrogens is 1. The molecule has 0 saturated heterocycles. The molecule has 34 heavy (non-hydrogen) atoms. The number of fused-ring (bicyclic) bond motifs is 2. The number of ether oxygens (including phenoxy) is 1. The van der Waals surface area contributed by atoms with Crippen LogP contribution < -0.4 is 0 Å². The summed E-state index contributed by atoms with van der Waals surface area (Å²) in [6, 6.07) is 3.43. The summed E-state index contributed by atoms with van der Waals surface area (Å²) in [6.07, 6.45) is 3.34. The topological polar surface area (TPSA) is 110 Å². The van der Waals surface area contributed by atoms with Gasteiger partial charge < -0.3 is 19.4 Å². The number of hydrogen-bond acceptors (Lipinski definition) is 8. The summed E-state index contributed by atoms with van der Waals surface area (Å²) >= 11 is 1.54. The monoisotopic (exact) mass is 487 g/mol. The van der Waals surface area contributed by atoms with Gasteiger partial charge in [-0.05, 0) is 37.6 Å². The number of furan rings is 1. The Bertz CT molecular complexity index is 1080. The summed E-state index contributed by atoms with van der Waals surface area (Å²) in [6.45, 7) is 8.54. The normalized spacial score (nSPS) is 27.9. The van der Waals surface area contributed by atoms with Crippen LogP contribution in [0, 0.1) is 18.3 Å². The maximum Gasteiger partial charge on any atom is 0.309 e. The van der Waals surface area contributed by atoms with Crippen molar-refractivity contribution in [3.63, 3.8) is 0 Å². The van der Waals surface area contributed by atoms with Crippen molar-refractivity contribution >= 4 is 29.2 Å². The van der Waals surface area contributed by atoms with Crippen LogP contribution in [0.4, 0.5) is 0 Å². The molecule has 0 aliphatic carbocycles. The summed E-state index contributed by atoms with van der Waals surface area (Å²) in [4.78, 5) is 30.4. The van der Waals surface area contributed by atoms with Gasteiger partial charge in [0.2, 0.25) is 0 Å². The van der Waals surface area contributed by atoms with Crippen LogP contribution in [0.3, 0.4) is 0 Å². The van der Waals surface area contributed by atoms with Gasteiger partial charge in [0.05, 0.1) is 28.6 Å². The molecule has 2 aromatic heterocycles. The van der Waals surface area contributed by atoms with Crippen molar-refractivity contribution < 1.29 is 29.0 Å². The average Bonchev–Trinajstić information content (AvgIpc) is 3.42. The van der Waals surface area contributed by atoms with Crippen LogP contribution in [0.2, 0.25) is 0 Å². The quantitative estimate of drug-likeness (QED) is 0.471. The minimum atomic E-state index is -1.27. The second-order valence-corrected chi connectivity index (χ2v) is 10.5. The lowest BCUT2D eigenvalue weighted by atomic mass is 9.74. The maximum absolute atomic E-state index is 13.1. The first-order valence-corrected chi connectivity index (χ1v) is 12.3. The number of aryl methyl sites for hydroxylation is 1. The Kier molecular flexibility index (Phi) is 8.28. The average molecular weight is 488 g/mol. The highest BCUT2D eigenvalue weighted by atomic mass is 32.1. The Labute approximate surface area is 204 Å². The van der Waals surface area contributed by atoms with Gasteiger partial charge in [-0.1, -0.05) is 32.9 Å². The van der Waals surface area contributed by atoms with Crippen LogP contribution in [0.15, 0.2) is 39.7 Å². The summed E-state index contributed by atoms with van der Waals surface area (Å²) < 4.78 is 11.5. The van der Waals surface area contributed by atoms with E-state index in [1.807, 2.05) is 37.5 Å². The molecule has 0 unspecified atom stereocenters. The molecule has 0 amide bonds. The fourth-order valence-corrected chi connectivity index (χ4v) is 4.51. The van der Waals surface area contributed by atoms with Crippen molar-refractivity contribution in [2.45, 2.75) is 72.2 Å². The third-order valence-corrected chi connectivity index (χ3v) is 7.11. The molecule has 1 aliphatic rings. The predicted molar refractivity (Wildman–Crippen MR) is 130 cm³/mol. The third kappa shape index (κ3) is 6.11. The van der Waals surface area contributed by atoms with Crippen LogP contribution in [0.5, 0.6) is 0 Å². The number of carbonyl (C=O) groups is 2. The van der Waals surface area contributed by atoms with Crippen molar-refractivity contribution in [1.82, 2.24) is 4.98 Å². The number of carbonyl (C=O) groups excluding carboxylic acids is 2. The lowest BCUT2D eigenvalue weighted by Gasteiger charge is -2.32. The largest absolute Gasteiger partial charge is 0.463 e. The molecule has 0 fully saturated rings. The Morgan fingerprint density at radius 1 is 1.24 bits per heavy atom. The number of Topliss-reactive ketones (excluding diaryl/α,β-unsaturated/α-hetero) is 1. The molecule has 0 spiro atoms. The highest BCUT2D eigenvalue weighted by Crippen LogP contribution is 2.34. The van der Waals surface area contributed by atoms with E-state index >= 15 is 0 Å². The molecule has 184 valence electrons. The number of ketones is 1. The Morgan fingerprint density at radius 2 is 1.97 bits per heavy atom.